The molecular formula is C13H12ClN3O4S. The van der Waals surface area contributed by atoms with Crippen LogP contribution in [0.3, 0.4) is 0 Å². The lowest BCUT2D eigenvalue weighted by Gasteiger charge is -2.07. The highest BCUT2D eigenvalue weighted by atomic mass is 35.5. The molecule has 2 rings (SSSR count). The van der Waals surface area contributed by atoms with Crippen molar-refractivity contribution < 1.29 is 14.5 Å². The molecule has 0 unspecified atom stereocenters. The smallest absolute Gasteiger partial charge is 0.338 e. The van der Waals surface area contributed by atoms with Gasteiger partial charge in [0.1, 0.15) is 5.69 Å². The van der Waals surface area contributed by atoms with Gasteiger partial charge in [-0.2, -0.15) is 0 Å². The number of esters is 1. The van der Waals surface area contributed by atoms with Crippen molar-refractivity contribution in [3.8, 4) is 0 Å². The molecule has 1 heterocycles. The maximum atomic E-state index is 11.6. The lowest BCUT2D eigenvalue weighted by atomic mass is 10.1. The molecule has 0 radical (unpaired) electrons. The van der Waals surface area contributed by atoms with Crippen LogP contribution in [0.15, 0.2) is 24.4 Å². The minimum Gasteiger partial charge on any atom is -0.462 e. The number of hydrogen-bond acceptors (Lipinski definition) is 7. The third kappa shape index (κ3) is 3.92. The fraction of sp³-hybridized carbons (Fsp3) is 0.231. The largest absolute Gasteiger partial charge is 0.462 e. The highest BCUT2D eigenvalue weighted by Gasteiger charge is 2.18. The Bertz CT molecular complexity index is 704. The number of carbonyl (C=O) groups excluding carboxylic acids is 1. The topological polar surface area (TPSA) is 94.4 Å². The Morgan fingerprint density at radius 3 is 2.91 bits per heavy atom. The zero-order chi connectivity index (χ0) is 16.1. The maximum absolute atomic E-state index is 11.6. The van der Waals surface area contributed by atoms with E-state index in [9.17, 15) is 14.9 Å². The van der Waals surface area contributed by atoms with Gasteiger partial charge >= 0.3 is 5.97 Å². The summed E-state index contributed by atoms with van der Waals surface area (Å²) in [5, 5.41) is 14.1. The molecule has 9 heteroatoms. The first-order valence-corrected chi connectivity index (χ1v) is 7.50. The standard InChI is InChI=1S/C13H12ClN3O4S/c1-2-21-12(18)8-3-4-10(11(5-8)17(19)20)15-6-9-7-16-13(14)22-9/h3-5,7,15H,2,6H2,1H3. The molecule has 2 aromatic rings. The van der Waals surface area contributed by atoms with Gasteiger partial charge in [-0.3, -0.25) is 10.1 Å². The van der Waals surface area contributed by atoms with Gasteiger partial charge in [0, 0.05) is 17.1 Å². The first kappa shape index (κ1) is 16.2. The van der Waals surface area contributed by atoms with Crippen molar-refractivity contribution in [3.05, 3.63) is 49.4 Å². The first-order chi connectivity index (χ1) is 10.5. The minimum atomic E-state index is -0.591. The molecule has 0 atom stereocenters. The average molecular weight is 342 g/mol. The van der Waals surface area contributed by atoms with Gasteiger partial charge in [0.25, 0.3) is 5.69 Å². The lowest BCUT2D eigenvalue weighted by Crippen LogP contribution is -2.07. The number of rotatable bonds is 6. The number of aromatic nitrogens is 1. The molecule has 0 aliphatic carbocycles. The predicted molar refractivity (Wildman–Crippen MR) is 83.5 cm³/mol. The number of nitrogens with zero attached hydrogens (tertiary/aromatic N) is 2. The number of halogens is 1. The van der Waals surface area contributed by atoms with E-state index in [1.807, 2.05) is 0 Å². The summed E-state index contributed by atoms with van der Waals surface area (Å²) < 4.78 is 5.24. The molecule has 0 aliphatic heterocycles. The van der Waals surface area contributed by atoms with Gasteiger partial charge in [0.15, 0.2) is 4.47 Å². The van der Waals surface area contributed by atoms with Crippen LogP contribution in [0.4, 0.5) is 11.4 Å². The Hall–Kier alpha value is -2.19. The monoisotopic (exact) mass is 341 g/mol. The maximum Gasteiger partial charge on any atom is 0.338 e. The second kappa shape index (κ2) is 7.19. The summed E-state index contributed by atoms with van der Waals surface area (Å²) in [5.41, 5.74) is 0.253. The Balaban J connectivity index is 2.19. The molecule has 1 aromatic carbocycles. The first-order valence-electron chi connectivity index (χ1n) is 6.31. The number of nitrogens with one attached hydrogen (secondary N) is 1. The van der Waals surface area contributed by atoms with Crippen molar-refractivity contribution in [1.29, 1.82) is 0 Å². The van der Waals surface area contributed by atoms with Crippen molar-refractivity contribution in [1.82, 2.24) is 4.98 Å². The zero-order valence-corrected chi connectivity index (χ0v) is 13.1. The second-order valence-electron chi connectivity index (χ2n) is 4.14. The quantitative estimate of drug-likeness (QED) is 0.491. The van der Waals surface area contributed by atoms with E-state index in [0.717, 1.165) is 4.88 Å². The summed E-state index contributed by atoms with van der Waals surface area (Å²) in [5.74, 6) is -0.591. The number of hydrogen-bond donors (Lipinski definition) is 1. The van der Waals surface area contributed by atoms with Crippen LogP contribution >= 0.6 is 22.9 Å². The molecule has 1 N–H and O–H groups in total. The van der Waals surface area contributed by atoms with E-state index in [1.54, 1.807) is 13.1 Å². The van der Waals surface area contributed by atoms with Crippen LogP contribution in [0, 0.1) is 10.1 Å². The molecule has 0 aliphatic rings. The number of nitro benzene ring substituents is 1. The average Bonchev–Trinajstić information content (AvgIpc) is 2.90. The molecule has 0 bridgehead atoms. The number of benzene rings is 1. The molecule has 1 aromatic heterocycles. The van der Waals surface area contributed by atoms with Gasteiger partial charge in [-0.25, -0.2) is 9.78 Å². The van der Waals surface area contributed by atoms with E-state index in [-0.39, 0.29) is 17.9 Å². The summed E-state index contributed by atoms with van der Waals surface area (Å²) in [6.45, 7) is 2.23. The second-order valence-corrected chi connectivity index (χ2v) is 5.84. The van der Waals surface area contributed by atoms with Crippen molar-refractivity contribution in [2.45, 2.75) is 13.5 Å². The number of anilines is 1. The van der Waals surface area contributed by atoms with E-state index in [2.05, 4.69) is 10.3 Å². The Morgan fingerprint density at radius 2 is 2.32 bits per heavy atom. The van der Waals surface area contributed by atoms with Crippen LogP contribution in [0.2, 0.25) is 4.47 Å². The molecular weight excluding hydrogens is 330 g/mol. The van der Waals surface area contributed by atoms with Crippen LogP contribution in [-0.4, -0.2) is 22.5 Å². The third-order valence-electron chi connectivity index (χ3n) is 2.68. The summed E-state index contributed by atoms with van der Waals surface area (Å²) in [7, 11) is 0. The molecule has 0 saturated heterocycles. The van der Waals surface area contributed by atoms with E-state index in [4.69, 9.17) is 16.3 Å². The van der Waals surface area contributed by atoms with E-state index in [0.29, 0.717) is 16.7 Å². The molecule has 22 heavy (non-hydrogen) atoms. The summed E-state index contributed by atoms with van der Waals surface area (Å²) >= 11 is 7.01. The highest BCUT2D eigenvalue weighted by molar-refractivity contribution is 7.15. The Morgan fingerprint density at radius 1 is 1.55 bits per heavy atom. The number of nitro groups is 1. The van der Waals surface area contributed by atoms with Crippen LogP contribution in [0.1, 0.15) is 22.2 Å². The minimum absolute atomic E-state index is 0.139. The Labute approximate surface area is 135 Å². The molecule has 0 saturated carbocycles. The summed E-state index contributed by atoms with van der Waals surface area (Å²) in [4.78, 5) is 27.0. The summed E-state index contributed by atoms with van der Waals surface area (Å²) in [6.07, 6.45) is 1.60. The van der Waals surface area contributed by atoms with Crippen LogP contribution in [0.25, 0.3) is 0 Å². The number of thiazole rings is 1. The van der Waals surface area contributed by atoms with Gasteiger partial charge in [0.2, 0.25) is 0 Å². The normalized spacial score (nSPS) is 10.3. The summed E-state index contributed by atoms with van der Waals surface area (Å²) in [6, 6.07) is 4.15. The van der Waals surface area contributed by atoms with Gasteiger partial charge < -0.3 is 10.1 Å². The SMILES string of the molecule is CCOC(=O)c1ccc(NCc2cnc(Cl)s2)c([N+](=O)[O-])c1. The van der Waals surface area contributed by atoms with Gasteiger partial charge in [-0.15, -0.1) is 11.3 Å². The molecule has 0 amide bonds. The van der Waals surface area contributed by atoms with Crippen molar-refractivity contribution in [3.63, 3.8) is 0 Å². The number of carbonyl (C=O) groups is 1. The van der Waals surface area contributed by atoms with E-state index >= 15 is 0 Å². The predicted octanol–water partition coefficient (Wildman–Crippen LogP) is 3.49. The highest BCUT2D eigenvalue weighted by Crippen LogP contribution is 2.27. The molecule has 116 valence electrons. The number of ether oxygens (including phenoxy) is 1. The molecule has 0 spiro atoms. The fourth-order valence-electron chi connectivity index (χ4n) is 1.72. The van der Waals surface area contributed by atoms with Gasteiger partial charge in [-0.05, 0) is 19.1 Å². The van der Waals surface area contributed by atoms with Crippen LogP contribution in [0.5, 0.6) is 0 Å². The van der Waals surface area contributed by atoms with Crippen molar-refractivity contribution >= 4 is 40.3 Å². The van der Waals surface area contributed by atoms with Crippen molar-refractivity contribution in [2.75, 3.05) is 11.9 Å². The fourth-order valence-corrected chi connectivity index (χ4v) is 2.64. The van der Waals surface area contributed by atoms with E-state index < -0.39 is 10.9 Å². The molecule has 0 fully saturated rings. The third-order valence-corrected chi connectivity index (χ3v) is 3.80. The van der Waals surface area contributed by atoms with Crippen LogP contribution < -0.4 is 5.32 Å². The van der Waals surface area contributed by atoms with Gasteiger partial charge in [-0.1, -0.05) is 11.6 Å². The van der Waals surface area contributed by atoms with Crippen molar-refractivity contribution in [2.24, 2.45) is 0 Å². The molecule has 7 nitrogen and oxygen atoms in total. The van der Waals surface area contributed by atoms with Crippen LogP contribution in [-0.2, 0) is 11.3 Å². The zero-order valence-electron chi connectivity index (χ0n) is 11.5. The van der Waals surface area contributed by atoms with E-state index in [1.165, 1.54) is 29.5 Å². The Kier molecular flexibility index (Phi) is 5.29. The lowest BCUT2D eigenvalue weighted by molar-refractivity contribution is -0.384. The van der Waals surface area contributed by atoms with Gasteiger partial charge in [0.05, 0.1) is 23.6 Å².